The van der Waals surface area contributed by atoms with Gasteiger partial charge in [-0.2, -0.15) is 0 Å². The third-order valence-corrected chi connectivity index (χ3v) is 2.39. The minimum atomic E-state index is 1.06. The summed E-state index contributed by atoms with van der Waals surface area (Å²) in [4.78, 5) is 2.43. The number of hydrogen-bond acceptors (Lipinski definition) is 2. The number of hydrogen-bond donors (Lipinski definition) is 1. The SMILES string of the molecule is CCN1CC=CC2=C1CNC2. The van der Waals surface area contributed by atoms with Gasteiger partial charge in [0.2, 0.25) is 0 Å². The predicted molar refractivity (Wildman–Crippen MR) is 46.3 cm³/mol. The lowest BCUT2D eigenvalue weighted by molar-refractivity contribution is 0.390. The van der Waals surface area contributed by atoms with E-state index in [1.165, 1.54) is 11.3 Å². The van der Waals surface area contributed by atoms with Crippen molar-refractivity contribution in [3.05, 3.63) is 23.4 Å². The van der Waals surface area contributed by atoms with Crippen molar-refractivity contribution < 1.29 is 0 Å². The Morgan fingerprint density at radius 1 is 1.55 bits per heavy atom. The molecule has 2 nitrogen and oxygen atoms in total. The van der Waals surface area contributed by atoms with Crippen molar-refractivity contribution in [2.24, 2.45) is 0 Å². The molecule has 0 aliphatic carbocycles. The van der Waals surface area contributed by atoms with E-state index in [0.29, 0.717) is 0 Å². The topological polar surface area (TPSA) is 15.3 Å². The highest BCUT2D eigenvalue weighted by Gasteiger charge is 2.18. The second-order valence-corrected chi connectivity index (χ2v) is 3.02. The molecular weight excluding hydrogens is 136 g/mol. The smallest absolute Gasteiger partial charge is 0.0362 e. The van der Waals surface area contributed by atoms with Crippen molar-refractivity contribution in [1.29, 1.82) is 0 Å². The number of likely N-dealkylation sites (N-methyl/N-ethyl adjacent to an activating group) is 1. The molecule has 2 heteroatoms. The van der Waals surface area contributed by atoms with E-state index in [-0.39, 0.29) is 0 Å². The van der Waals surface area contributed by atoms with Crippen molar-refractivity contribution in [1.82, 2.24) is 10.2 Å². The van der Waals surface area contributed by atoms with Gasteiger partial charge in [0.25, 0.3) is 0 Å². The van der Waals surface area contributed by atoms with Gasteiger partial charge in [-0.25, -0.2) is 0 Å². The molecule has 0 radical (unpaired) electrons. The van der Waals surface area contributed by atoms with Crippen LogP contribution in [0.4, 0.5) is 0 Å². The van der Waals surface area contributed by atoms with E-state index in [1.54, 1.807) is 0 Å². The van der Waals surface area contributed by atoms with Gasteiger partial charge in [0.15, 0.2) is 0 Å². The van der Waals surface area contributed by atoms with Gasteiger partial charge in [0, 0.05) is 31.9 Å². The van der Waals surface area contributed by atoms with Crippen molar-refractivity contribution in [2.75, 3.05) is 26.2 Å². The normalized spacial score (nSPS) is 22.8. The molecule has 0 fully saturated rings. The van der Waals surface area contributed by atoms with Crippen molar-refractivity contribution in [2.45, 2.75) is 6.92 Å². The Hall–Kier alpha value is -0.760. The fourth-order valence-electron chi connectivity index (χ4n) is 1.75. The Bertz CT molecular complexity index is 216. The quantitative estimate of drug-likeness (QED) is 0.593. The van der Waals surface area contributed by atoms with Gasteiger partial charge in [-0.3, -0.25) is 0 Å². The van der Waals surface area contributed by atoms with Gasteiger partial charge in [-0.15, -0.1) is 0 Å². The Morgan fingerprint density at radius 2 is 2.45 bits per heavy atom. The van der Waals surface area contributed by atoms with Gasteiger partial charge in [-0.05, 0) is 12.5 Å². The molecule has 1 N–H and O–H groups in total. The van der Waals surface area contributed by atoms with E-state index in [0.717, 1.165) is 26.2 Å². The summed E-state index contributed by atoms with van der Waals surface area (Å²) in [6, 6.07) is 0. The van der Waals surface area contributed by atoms with Crippen LogP contribution in [-0.4, -0.2) is 31.1 Å². The molecule has 0 amide bonds. The lowest BCUT2D eigenvalue weighted by Gasteiger charge is -2.25. The second kappa shape index (κ2) is 2.70. The standard InChI is InChI=1S/C9H14N2/c1-2-11-5-3-4-8-6-10-7-9(8)11/h3-4,10H,2,5-7H2,1H3. The van der Waals surface area contributed by atoms with Gasteiger partial charge in [-0.1, -0.05) is 12.2 Å². The van der Waals surface area contributed by atoms with Crippen LogP contribution in [0.2, 0.25) is 0 Å². The van der Waals surface area contributed by atoms with E-state index in [2.05, 4.69) is 29.3 Å². The molecule has 0 atom stereocenters. The fraction of sp³-hybridized carbons (Fsp3) is 0.556. The first kappa shape index (κ1) is 6.92. The molecule has 0 spiro atoms. The number of nitrogens with one attached hydrogen (secondary N) is 1. The Labute approximate surface area is 67.6 Å². The van der Waals surface area contributed by atoms with E-state index < -0.39 is 0 Å². The van der Waals surface area contributed by atoms with Crippen LogP contribution in [0.5, 0.6) is 0 Å². The zero-order chi connectivity index (χ0) is 7.68. The molecule has 0 unspecified atom stereocenters. The van der Waals surface area contributed by atoms with E-state index in [1.807, 2.05) is 0 Å². The second-order valence-electron chi connectivity index (χ2n) is 3.02. The molecule has 0 saturated heterocycles. The first-order valence-corrected chi connectivity index (χ1v) is 4.26. The average molecular weight is 150 g/mol. The maximum atomic E-state index is 3.36. The van der Waals surface area contributed by atoms with E-state index in [4.69, 9.17) is 0 Å². The summed E-state index contributed by atoms with van der Waals surface area (Å²) >= 11 is 0. The minimum absolute atomic E-state index is 1.06. The monoisotopic (exact) mass is 150 g/mol. The van der Waals surface area contributed by atoms with Crippen LogP contribution in [0.25, 0.3) is 0 Å². The Morgan fingerprint density at radius 3 is 3.27 bits per heavy atom. The van der Waals surface area contributed by atoms with E-state index >= 15 is 0 Å². The van der Waals surface area contributed by atoms with Crippen LogP contribution in [0.1, 0.15) is 6.92 Å². The van der Waals surface area contributed by atoms with Crippen LogP contribution in [0.3, 0.4) is 0 Å². The summed E-state index contributed by atoms with van der Waals surface area (Å²) in [6.45, 7) is 6.56. The molecule has 11 heavy (non-hydrogen) atoms. The van der Waals surface area contributed by atoms with Gasteiger partial charge >= 0.3 is 0 Å². The van der Waals surface area contributed by atoms with Crippen molar-refractivity contribution in [3.8, 4) is 0 Å². The molecule has 60 valence electrons. The van der Waals surface area contributed by atoms with Gasteiger partial charge in [0.1, 0.15) is 0 Å². The van der Waals surface area contributed by atoms with Crippen LogP contribution in [0, 0.1) is 0 Å². The van der Waals surface area contributed by atoms with Gasteiger partial charge < -0.3 is 10.2 Å². The zero-order valence-corrected chi connectivity index (χ0v) is 6.93. The minimum Gasteiger partial charge on any atom is -0.370 e. The summed E-state index contributed by atoms with van der Waals surface area (Å²) in [6.07, 6.45) is 4.50. The predicted octanol–water partition coefficient (Wildman–Crippen LogP) is 0.735. The molecule has 2 heterocycles. The third-order valence-electron chi connectivity index (χ3n) is 2.39. The molecular formula is C9H14N2. The average Bonchev–Trinajstić information content (AvgIpc) is 2.50. The molecule has 0 aromatic carbocycles. The highest BCUT2D eigenvalue weighted by Crippen LogP contribution is 2.19. The lowest BCUT2D eigenvalue weighted by atomic mass is 10.1. The van der Waals surface area contributed by atoms with Crippen LogP contribution < -0.4 is 5.32 Å². The maximum absolute atomic E-state index is 3.36. The molecule has 2 aliphatic heterocycles. The molecule has 0 aromatic rings. The lowest BCUT2D eigenvalue weighted by Crippen LogP contribution is -2.27. The van der Waals surface area contributed by atoms with E-state index in [9.17, 15) is 0 Å². The summed E-state index contributed by atoms with van der Waals surface area (Å²) < 4.78 is 0. The third kappa shape index (κ3) is 1.07. The summed E-state index contributed by atoms with van der Waals surface area (Å²) in [5.74, 6) is 0. The summed E-state index contributed by atoms with van der Waals surface area (Å²) in [5, 5.41) is 3.36. The number of nitrogens with zero attached hydrogens (tertiary/aromatic N) is 1. The molecule has 0 aromatic heterocycles. The van der Waals surface area contributed by atoms with Crippen LogP contribution >= 0.6 is 0 Å². The van der Waals surface area contributed by atoms with Crippen LogP contribution in [-0.2, 0) is 0 Å². The largest absolute Gasteiger partial charge is 0.370 e. The Balaban J connectivity index is 2.23. The molecule has 0 saturated carbocycles. The Kier molecular flexibility index (Phi) is 1.70. The van der Waals surface area contributed by atoms with Gasteiger partial charge in [0.05, 0.1) is 0 Å². The highest BCUT2D eigenvalue weighted by molar-refractivity contribution is 5.34. The number of rotatable bonds is 1. The van der Waals surface area contributed by atoms with Crippen molar-refractivity contribution >= 4 is 0 Å². The first-order valence-electron chi connectivity index (χ1n) is 4.26. The van der Waals surface area contributed by atoms with Crippen molar-refractivity contribution in [3.63, 3.8) is 0 Å². The first-order chi connectivity index (χ1) is 5.42. The fourth-order valence-corrected chi connectivity index (χ4v) is 1.75. The summed E-state index contributed by atoms with van der Waals surface area (Å²) in [7, 11) is 0. The summed E-state index contributed by atoms with van der Waals surface area (Å²) in [5.41, 5.74) is 2.99. The molecule has 2 rings (SSSR count). The molecule has 2 aliphatic rings. The van der Waals surface area contributed by atoms with Crippen LogP contribution in [0.15, 0.2) is 23.4 Å². The molecule has 0 bridgehead atoms. The highest BCUT2D eigenvalue weighted by atomic mass is 15.2. The maximum Gasteiger partial charge on any atom is 0.0362 e. The zero-order valence-electron chi connectivity index (χ0n) is 6.93.